The number of carboxylic acid groups (broad SMARTS) is 1. The van der Waals surface area contributed by atoms with Crippen LogP contribution in [0.25, 0.3) is 0 Å². The molecule has 5 heteroatoms. The average molecular weight is 292 g/mol. The molecule has 5 nitrogen and oxygen atoms in total. The van der Waals surface area contributed by atoms with E-state index in [0.29, 0.717) is 17.2 Å². The zero-order valence-corrected chi connectivity index (χ0v) is 13.3. The molecule has 0 aliphatic carbocycles. The zero-order valence-electron chi connectivity index (χ0n) is 13.3. The molecule has 21 heavy (non-hydrogen) atoms. The molecule has 1 rings (SSSR count). The van der Waals surface area contributed by atoms with Crippen LogP contribution >= 0.6 is 0 Å². The lowest BCUT2D eigenvalue weighted by molar-refractivity contribution is 0.0696. The molecule has 0 aromatic heterocycles. The number of carboxylic acids is 1. The third-order valence-corrected chi connectivity index (χ3v) is 3.36. The first kappa shape index (κ1) is 17.0. The summed E-state index contributed by atoms with van der Waals surface area (Å²) in [6.07, 6.45) is 0.890. The number of rotatable bonds is 5. The average Bonchev–Trinajstić information content (AvgIpc) is 2.31. The van der Waals surface area contributed by atoms with Gasteiger partial charge in [0, 0.05) is 11.7 Å². The van der Waals surface area contributed by atoms with Crippen molar-refractivity contribution in [3.63, 3.8) is 0 Å². The maximum atomic E-state index is 11.9. The molecule has 1 aromatic rings. The molecule has 1 aromatic carbocycles. The number of anilines is 1. The number of aromatic carboxylic acids is 1. The Hall–Kier alpha value is -2.04. The molecule has 0 aliphatic heterocycles. The highest BCUT2D eigenvalue weighted by Gasteiger charge is 2.13. The van der Waals surface area contributed by atoms with E-state index < -0.39 is 5.97 Å². The molecule has 0 spiro atoms. The van der Waals surface area contributed by atoms with Crippen molar-refractivity contribution < 1.29 is 14.7 Å². The number of aryl methyl sites for hydroxylation is 1. The minimum atomic E-state index is -0.993. The van der Waals surface area contributed by atoms with Gasteiger partial charge in [-0.1, -0.05) is 13.8 Å². The number of hydrogen-bond donors (Lipinski definition) is 3. The molecule has 2 amide bonds. The first-order valence-electron chi connectivity index (χ1n) is 7.12. The predicted octanol–water partition coefficient (Wildman–Crippen LogP) is 3.56. The second-order valence-electron chi connectivity index (χ2n) is 5.90. The minimum absolute atomic E-state index is 0.0653. The number of amides is 2. The lowest BCUT2D eigenvalue weighted by atomic mass is 10.0. The van der Waals surface area contributed by atoms with Gasteiger partial charge in [-0.05, 0) is 56.4 Å². The van der Waals surface area contributed by atoms with Gasteiger partial charge >= 0.3 is 12.0 Å². The molecule has 0 saturated heterocycles. The fourth-order valence-electron chi connectivity index (χ4n) is 2.31. The molecule has 0 bridgehead atoms. The van der Waals surface area contributed by atoms with E-state index in [1.165, 1.54) is 6.07 Å². The summed E-state index contributed by atoms with van der Waals surface area (Å²) in [5.41, 5.74) is 2.24. The second-order valence-corrected chi connectivity index (χ2v) is 5.90. The van der Waals surface area contributed by atoms with E-state index in [0.717, 1.165) is 12.0 Å². The summed E-state index contributed by atoms with van der Waals surface area (Å²) in [5.74, 6) is -0.492. The van der Waals surface area contributed by atoms with Crippen LogP contribution in [0.4, 0.5) is 10.5 Å². The Morgan fingerprint density at radius 2 is 1.81 bits per heavy atom. The fourth-order valence-corrected chi connectivity index (χ4v) is 2.31. The monoisotopic (exact) mass is 292 g/mol. The van der Waals surface area contributed by atoms with E-state index in [4.69, 9.17) is 5.11 Å². The van der Waals surface area contributed by atoms with Crippen molar-refractivity contribution in [2.24, 2.45) is 5.92 Å². The summed E-state index contributed by atoms with van der Waals surface area (Å²) >= 11 is 0. The summed E-state index contributed by atoms with van der Waals surface area (Å²) in [7, 11) is 0. The van der Waals surface area contributed by atoms with Gasteiger partial charge in [-0.3, -0.25) is 0 Å². The maximum Gasteiger partial charge on any atom is 0.336 e. The Labute approximate surface area is 125 Å². The van der Waals surface area contributed by atoms with Gasteiger partial charge in [0.2, 0.25) is 0 Å². The molecule has 1 atom stereocenters. The van der Waals surface area contributed by atoms with Crippen LogP contribution in [0.5, 0.6) is 0 Å². The van der Waals surface area contributed by atoms with Crippen LogP contribution in [-0.4, -0.2) is 23.1 Å². The van der Waals surface area contributed by atoms with Gasteiger partial charge in [0.15, 0.2) is 0 Å². The maximum absolute atomic E-state index is 11.9. The van der Waals surface area contributed by atoms with E-state index in [2.05, 4.69) is 24.5 Å². The van der Waals surface area contributed by atoms with Crippen molar-refractivity contribution in [2.75, 3.05) is 5.32 Å². The van der Waals surface area contributed by atoms with Gasteiger partial charge in [0.05, 0.1) is 5.56 Å². The molecular formula is C16H24N2O3. The van der Waals surface area contributed by atoms with Crippen LogP contribution in [0.3, 0.4) is 0 Å². The topological polar surface area (TPSA) is 78.4 Å². The van der Waals surface area contributed by atoms with Gasteiger partial charge in [-0.15, -0.1) is 0 Å². The first-order chi connectivity index (χ1) is 9.70. The van der Waals surface area contributed by atoms with Crippen molar-refractivity contribution in [3.05, 3.63) is 28.8 Å². The molecule has 0 heterocycles. The van der Waals surface area contributed by atoms with Gasteiger partial charge in [-0.25, -0.2) is 9.59 Å². The highest BCUT2D eigenvalue weighted by molar-refractivity contribution is 5.94. The Kier molecular flexibility index (Phi) is 5.76. The lowest BCUT2D eigenvalue weighted by Crippen LogP contribution is -2.36. The largest absolute Gasteiger partial charge is 0.478 e. The van der Waals surface area contributed by atoms with E-state index in [1.54, 1.807) is 13.0 Å². The molecule has 3 N–H and O–H groups in total. The van der Waals surface area contributed by atoms with E-state index in [1.807, 2.05) is 13.8 Å². The Morgan fingerprint density at radius 1 is 1.19 bits per heavy atom. The molecule has 0 fully saturated rings. The Balaban J connectivity index is 2.79. The molecule has 1 unspecified atom stereocenters. The van der Waals surface area contributed by atoms with E-state index >= 15 is 0 Å². The van der Waals surface area contributed by atoms with E-state index in [-0.39, 0.29) is 17.6 Å². The van der Waals surface area contributed by atoms with Crippen LogP contribution in [0.2, 0.25) is 0 Å². The van der Waals surface area contributed by atoms with Crippen LogP contribution in [-0.2, 0) is 0 Å². The summed E-state index contributed by atoms with van der Waals surface area (Å²) < 4.78 is 0. The highest BCUT2D eigenvalue weighted by Crippen LogP contribution is 2.20. The van der Waals surface area contributed by atoms with Gasteiger partial charge in [-0.2, -0.15) is 0 Å². The zero-order chi connectivity index (χ0) is 16.2. The molecule has 0 aliphatic rings. The number of urea groups is 1. The van der Waals surface area contributed by atoms with Crippen LogP contribution in [0.1, 0.15) is 48.7 Å². The first-order valence-corrected chi connectivity index (χ1v) is 7.12. The summed E-state index contributed by atoms with van der Waals surface area (Å²) in [5, 5.41) is 14.7. The van der Waals surface area contributed by atoms with Gasteiger partial charge in [0.25, 0.3) is 0 Å². The smallest absolute Gasteiger partial charge is 0.336 e. The van der Waals surface area contributed by atoms with Gasteiger partial charge < -0.3 is 15.7 Å². The predicted molar refractivity (Wildman–Crippen MR) is 83.9 cm³/mol. The number of nitrogens with one attached hydrogen (secondary N) is 2. The SMILES string of the molecule is Cc1cc(NC(=O)NC(C)CC(C)C)cc(C(=O)O)c1C. The molecule has 116 valence electrons. The lowest BCUT2D eigenvalue weighted by Gasteiger charge is -2.17. The summed E-state index contributed by atoms with van der Waals surface area (Å²) in [6, 6.07) is 3.00. The number of carbonyl (C=O) groups is 2. The Morgan fingerprint density at radius 3 is 2.33 bits per heavy atom. The number of hydrogen-bond acceptors (Lipinski definition) is 2. The highest BCUT2D eigenvalue weighted by atomic mass is 16.4. The van der Waals surface area contributed by atoms with Gasteiger partial charge in [0.1, 0.15) is 0 Å². The van der Waals surface area contributed by atoms with Crippen LogP contribution < -0.4 is 10.6 Å². The standard InChI is InChI=1S/C16H24N2O3/c1-9(2)6-11(4)17-16(21)18-13-7-10(3)12(5)14(8-13)15(19)20/h7-9,11H,6H2,1-5H3,(H,19,20)(H2,17,18,21). The minimum Gasteiger partial charge on any atom is -0.478 e. The van der Waals surface area contributed by atoms with E-state index in [9.17, 15) is 9.59 Å². The second kappa shape index (κ2) is 7.11. The van der Waals surface area contributed by atoms with Crippen molar-refractivity contribution in [1.29, 1.82) is 0 Å². The number of benzene rings is 1. The third-order valence-electron chi connectivity index (χ3n) is 3.36. The number of carbonyl (C=O) groups excluding carboxylic acids is 1. The normalized spacial score (nSPS) is 12.1. The van der Waals surface area contributed by atoms with Crippen LogP contribution in [0, 0.1) is 19.8 Å². The quantitative estimate of drug-likeness (QED) is 0.776. The summed E-state index contributed by atoms with van der Waals surface area (Å²) in [4.78, 5) is 23.1. The molecular weight excluding hydrogens is 268 g/mol. The van der Waals surface area contributed by atoms with Crippen molar-refractivity contribution >= 4 is 17.7 Å². The van der Waals surface area contributed by atoms with Crippen molar-refractivity contribution in [3.8, 4) is 0 Å². The fraction of sp³-hybridized carbons (Fsp3) is 0.500. The van der Waals surface area contributed by atoms with Crippen molar-refractivity contribution in [1.82, 2.24) is 5.32 Å². The van der Waals surface area contributed by atoms with Crippen LogP contribution in [0.15, 0.2) is 12.1 Å². The Bertz CT molecular complexity index is 539. The molecule has 0 radical (unpaired) electrons. The van der Waals surface area contributed by atoms with Crippen molar-refractivity contribution in [2.45, 2.75) is 47.1 Å². The third kappa shape index (κ3) is 5.10. The summed E-state index contributed by atoms with van der Waals surface area (Å²) in [6.45, 7) is 9.72. The molecule has 0 saturated carbocycles.